The van der Waals surface area contributed by atoms with E-state index in [0.29, 0.717) is 11.1 Å². The highest BCUT2D eigenvalue weighted by molar-refractivity contribution is 7.02. The molecule has 1 aromatic carbocycles. The molecule has 0 fully saturated rings. The van der Waals surface area contributed by atoms with Crippen LogP contribution in [0.2, 0.25) is 0 Å². The minimum absolute atomic E-state index is 0.206. The second kappa shape index (κ2) is 3.44. The molecular formula is C9H4N2O2S. The summed E-state index contributed by atoms with van der Waals surface area (Å²) >= 11 is 0.737. The predicted molar refractivity (Wildman–Crippen MR) is 50.8 cm³/mol. The van der Waals surface area contributed by atoms with Gasteiger partial charge in [-0.1, -0.05) is 12.1 Å². The Morgan fingerprint density at radius 2 is 2.21 bits per heavy atom. The minimum atomic E-state index is -0.465. The van der Waals surface area contributed by atoms with Gasteiger partial charge in [-0.15, -0.1) is 4.37 Å². The Hall–Kier alpha value is -1.93. The summed E-state index contributed by atoms with van der Waals surface area (Å²) < 4.78 is 8.62. The molecule has 14 heavy (non-hydrogen) atoms. The highest BCUT2D eigenvalue weighted by Gasteiger charge is 2.09. The number of nitrogens with zero attached hydrogens (tertiary/aromatic N) is 2. The molecule has 68 valence electrons. The Balaban J connectivity index is 2.63. The van der Waals surface area contributed by atoms with Crippen molar-refractivity contribution in [3.05, 3.63) is 39.6 Å². The van der Waals surface area contributed by atoms with Crippen LogP contribution < -0.4 is 4.94 Å². The predicted octanol–water partition coefficient (Wildman–Crippen LogP) is 1.63. The van der Waals surface area contributed by atoms with Gasteiger partial charge < -0.3 is 4.42 Å². The van der Waals surface area contributed by atoms with Crippen LogP contribution in [0.5, 0.6) is 0 Å². The van der Waals surface area contributed by atoms with Gasteiger partial charge in [0, 0.05) is 0 Å². The maximum Gasteiger partial charge on any atom is 0.414 e. The first-order valence-corrected chi connectivity index (χ1v) is 4.55. The van der Waals surface area contributed by atoms with Crippen LogP contribution in [0.3, 0.4) is 0 Å². The molecule has 0 amide bonds. The zero-order valence-corrected chi connectivity index (χ0v) is 7.75. The third kappa shape index (κ3) is 1.43. The Labute approximate surface area is 83.2 Å². The molecular weight excluding hydrogens is 200 g/mol. The molecule has 1 heterocycles. The van der Waals surface area contributed by atoms with E-state index in [4.69, 9.17) is 9.68 Å². The van der Waals surface area contributed by atoms with E-state index < -0.39 is 4.94 Å². The van der Waals surface area contributed by atoms with Gasteiger partial charge in [-0.25, -0.2) is 4.79 Å². The van der Waals surface area contributed by atoms with Crippen molar-refractivity contribution in [2.45, 2.75) is 0 Å². The number of aromatic nitrogens is 1. The summed E-state index contributed by atoms with van der Waals surface area (Å²) in [5, 5.41) is 8.79. The topological polar surface area (TPSA) is 66.9 Å². The molecule has 0 aliphatic heterocycles. The quantitative estimate of drug-likeness (QED) is 0.708. The Morgan fingerprint density at radius 3 is 2.86 bits per heavy atom. The highest BCUT2D eigenvalue weighted by atomic mass is 32.1. The zero-order valence-electron chi connectivity index (χ0n) is 6.93. The van der Waals surface area contributed by atoms with E-state index >= 15 is 0 Å². The van der Waals surface area contributed by atoms with Crippen molar-refractivity contribution in [3.63, 3.8) is 0 Å². The van der Waals surface area contributed by atoms with E-state index in [9.17, 15) is 4.79 Å². The Kier molecular flexibility index (Phi) is 2.13. The van der Waals surface area contributed by atoms with Crippen LogP contribution in [-0.4, -0.2) is 4.37 Å². The van der Waals surface area contributed by atoms with Crippen molar-refractivity contribution < 1.29 is 4.42 Å². The first kappa shape index (κ1) is 8.66. The van der Waals surface area contributed by atoms with Gasteiger partial charge >= 0.3 is 4.94 Å². The molecule has 0 saturated carbocycles. The Morgan fingerprint density at radius 1 is 1.43 bits per heavy atom. The molecule has 0 aliphatic rings. The molecule has 0 saturated heterocycles. The SMILES string of the molecule is N#Cc1ccccc1-c1nsc(=O)o1. The summed E-state index contributed by atoms with van der Waals surface area (Å²) in [6.07, 6.45) is 0. The minimum Gasteiger partial charge on any atom is -0.394 e. The molecule has 0 bridgehead atoms. The lowest BCUT2D eigenvalue weighted by Gasteiger charge is -1.95. The van der Waals surface area contributed by atoms with Crippen molar-refractivity contribution in [1.29, 1.82) is 5.26 Å². The van der Waals surface area contributed by atoms with Crippen LogP contribution in [0.15, 0.2) is 33.5 Å². The second-order valence-corrected chi connectivity index (χ2v) is 3.20. The van der Waals surface area contributed by atoms with Gasteiger partial charge in [-0.3, -0.25) is 0 Å². The second-order valence-electron chi connectivity index (χ2n) is 2.50. The number of hydrogen-bond donors (Lipinski definition) is 0. The summed E-state index contributed by atoms with van der Waals surface area (Å²) in [7, 11) is 0. The Bertz CT molecular complexity index is 550. The fourth-order valence-corrected chi connectivity index (χ4v) is 1.48. The molecule has 2 rings (SSSR count). The molecule has 0 atom stereocenters. The average molecular weight is 204 g/mol. The molecule has 1 aromatic heterocycles. The van der Waals surface area contributed by atoms with Crippen molar-refractivity contribution >= 4 is 11.5 Å². The van der Waals surface area contributed by atoms with Gasteiger partial charge in [-0.2, -0.15) is 5.26 Å². The van der Waals surface area contributed by atoms with Gasteiger partial charge in [0.05, 0.1) is 28.7 Å². The lowest BCUT2D eigenvalue weighted by Crippen LogP contribution is -1.85. The first-order valence-electron chi connectivity index (χ1n) is 3.77. The van der Waals surface area contributed by atoms with Crippen molar-refractivity contribution in [3.8, 4) is 17.5 Å². The van der Waals surface area contributed by atoms with Crippen LogP contribution in [0.4, 0.5) is 0 Å². The molecule has 2 aromatic rings. The fraction of sp³-hybridized carbons (Fsp3) is 0. The van der Waals surface area contributed by atoms with Gasteiger partial charge in [0.25, 0.3) is 0 Å². The maximum atomic E-state index is 10.8. The summed E-state index contributed by atoms with van der Waals surface area (Å²) in [5.41, 5.74) is 0.995. The molecule has 5 heteroatoms. The molecule has 0 aliphatic carbocycles. The van der Waals surface area contributed by atoms with Gasteiger partial charge in [0.1, 0.15) is 0 Å². The third-order valence-electron chi connectivity index (χ3n) is 1.66. The fourth-order valence-electron chi connectivity index (χ4n) is 1.07. The van der Waals surface area contributed by atoms with Gasteiger partial charge in [0.15, 0.2) is 0 Å². The van der Waals surface area contributed by atoms with Gasteiger partial charge in [-0.05, 0) is 12.1 Å². The molecule has 0 spiro atoms. The summed E-state index contributed by atoms with van der Waals surface area (Å²) in [4.78, 5) is 10.3. The summed E-state index contributed by atoms with van der Waals surface area (Å²) in [5.74, 6) is 0.206. The van der Waals surface area contributed by atoms with Crippen molar-refractivity contribution in [1.82, 2.24) is 4.37 Å². The zero-order chi connectivity index (χ0) is 9.97. The van der Waals surface area contributed by atoms with E-state index in [1.807, 2.05) is 6.07 Å². The number of rotatable bonds is 1. The maximum absolute atomic E-state index is 10.8. The van der Waals surface area contributed by atoms with E-state index in [2.05, 4.69) is 4.37 Å². The largest absolute Gasteiger partial charge is 0.414 e. The van der Waals surface area contributed by atoms with Crippen LogP contribution in [0.25, 0.3) is 11.5 Å². The van der Waals surface area contributed by atoms with E-state index in [-0.39, 0.29) is 5.89 Å². The number of benzene rings is 1. The number of hydrogen-bond acceptors (Lipinski definition) is 5. The van der Waals surface area contributed by atoms with Gasteiger partial charge in [0.2, 0.25) is 5.89 Å². The first-order chi connectivity index (χ1) is 6.81. The number of nitriles is 1. The molecule has 4 nitrogen and oxygen atoms in total. The van der Waals surface area contributed by atoms with E-state index in [0.717, 1.165) is 11.5 Å². The van der Waals surface area contributed by atoms with Crippen LogP contribution in [0.1, 0.15) is 5.56 Å². The van der Waals surface area contributed by atoms with E-state index in [1.165, 1.54) is 0 Å². The van der Waals surface area contributed by atoms with Crippen LogP contribution in [-0.2, 0) is 0 Å². The summed E-state index contributed by atoms with van der Waals surface area (Å²) in [6, 6.07) is 8.85. The van der Waals surface area contributed by atoms with Crippen LogP contribution in [0, 0.1) is 11.3 Å². The smallest absolute Gasteiger partial charge is 0.394 e. The third-order valence-corrected chi connectivity index (χ3v) is 2.15. The molecule has 0 radical (unpaired) electrons. The molecule has 0 unspecified atom stereocenters. The summed E-state index contributed by atoms with van der Waals surface area (Å²) in [6.45, 7) is 0. The van der Waals surface area contributed by atoms with Crippen molar-refractivity contribution in [2.24, 2.45) is 0 Å². The van der Waals surface area contributed by atoms with Crippen molar-refractivity contribution in [2.75, 3.05) is 0 Å². The average Bonchev–Trinajstić information content (AvgIpc) is 2.65. The normalized spacial score (nSPS) is 9.64. The molecule has 0 N–H and O–H groups in total. The lowest BCUT2D eigenvalue weighted by molar-refractivity contribution is 0.543. The monoisotopic (exact) mass is 204 g/mol. The lowest BCUT2D eigenvalue weighted by atomic mass is 10.1. The standard InChI is InChI=1S/C9H4N2O2S/c10-5-6-3-1-2-4-7(6)8-11-14-9(12)13-8/h1-4H. The highest BCUT2D eigenvalue weighted by Crippen LogP contribution is 2.20. The van der Waals surface area contributed by atoms with E-state index in [1.54, 1.807) is 24.3 Å². The van der Waals surface area contributed by atoms with Crippen LogP contribution >= 0.6 is 11.5 Å².